The van der Waals surface area contributed by atoms with E-state index in [1.165, 1.54) is 0 Å². The molecule has 0 spiro atoms. The van der Waals surface area contributed by atoms with Crippen LogP contribution in [-0.2, 0) is 0 Å². The number of halogens is 6. The van der Waals surface area contributed by atoms with Crippen LogP contribution in [0.3, 0.4) is 0 Å². The lowest BCUT2D eigenvalue weighted by Crippen LogP contribution is -2.10. The number of hydrogen-bond donors (Lipinski definition) is 0. The molecular weight excluding hydrogens is 354 g/mol. The van der Waals surface area contributed by atoms with Crippen LogP contribution in [0.1, 0.15) is 0 Å². The highest BCUT2D eigenvalue weighted by atomic mass is 79.9. The fourth-order valence-electron chi connectivity index (χ4n) is 0.719. The Morgan fingerprint density at radius 3 is 1.92 bits per heavy atom. The molecule has 0 radical (unpaired) electrons. The van der Waals surface area contributed by atoms with Crippen molar-refractivity contribution in [2.75, 3.05) is 0 Å². The Morgan fingerprint density at radius 1 is 0.923 bits per heavy atom. The Bertz CT molecular complexity index is 316. The van der Waals surface area contributed by atoms with Crippen LogP contribution < -0.4 is 3.69 Å². The van der Waals surface area contributed by atoms with Gasteiger partial charge in [0.1, 0.15) is 0 Å². The second-order valence-electron chi connectivity index (χ2n) is 2.09. The molecule has 0 N–H and O–H groups in total. The van der Waals surface area contributed by atoms with Crippen LogP contribution in [0.25, 0.3) is 0 Å². The van der Waals surface area contributed by atoms with Gasteiger partial charge in [-0.15, -0.1) is 20.7 Å². The van der Waals surface area contributed by atoms with Crippen molar-refractivity contribution < 1.29 is 0 Å². The first-order valence-electron chi connectivity index (χ1n) is 2.95. The van der Waals surface area contributed by atoms with E-state index >= 15 is 0 Å². The van der Waals surface area contributed by atoms with E-state index in [0.29, 0.717) is 10.0 Å². The molecule has 7 heteroatoms. The van der Waals surface area contributed by atoms with Gasteiger partial charge < -0.3 is 9.07 Å². The summed E-state index contributed by atoms with van der Waals surface area (Å²) in [5, 5.41) is 1.39. The SMILES string of the molecule is Br.[Cl][Mg][c]1cc(Cl)c(Cl)c(Cl)c1Cl. The van der Waals surface area contributed by atoms with Gasteiger partial charge in [0, 0.05) is 5.02 Å². The lowest BCUT2D eigenvalue weighted by atomic mass is 10.3. The van der Waals surface area contributed by atoms with Crippen LogP contribution in [0.15, 0.2) is 6.07 Å². The molecule has 70 valence electrons. The van der Waals surface area contributed by atoms with Gasteiger partial charge >= 0.3 is 19.3 Å². The van der Waals surface area contributed by atoms with E-state index < -0.39 is 19.3 Å². The van der Waals surface area contributed by atoms with Crippen LogP contribution >= 0.6 is 72.5 Å². The van der Waals surface area contributed by atoms with Crippen molar-refractivity contribution in [3.63, 3.8) is 0 Å². The maximum absolute atomic E-state index is 5.85. The fraction of sp³-hybridized carbons (Fsp3) is 0. The highest BCUT2D eigenvalue weighted by molar-refractivity contribution is 8.93. The van der Waals surface area contributed by atoms with E-state index in [1.54, 1.807) is 6.07 Å². The van der Waals surface area contributed by atoms with Gasteiger partial charge in [0.15, 0.2) is 0 Å². The summed E-state index contributed by atoms with van der Waals surface area (Å²) in [6.07, 6.45) is 0. The van der Waals surface area contributed by atoms with Crippen molar-refractivity contribution in [1.29, 1.82) is 0 Å². The van der Waals surface area contributed by atoms with Crippen molar-refractivity contribution in [2.45, 2.75) is 0 Å². The normalized spacial score (nSPS) is 9.00. The zero-order valence-electron chi connectivity index (χ0n) is 6.08. The lowest BCUT2D eigenvalue weighted by Gasteiger charge is -2.06. The Labute approximate surface area is 120 Å². The van der Waals surface area contributed by atoms with Crippen LogP contribution in [0, 0.1) is 0 Å². The van der Waals surface area contributed by atoms with E-state index in [2.05, 4.69) is 0 Å². The molecule has 0 saturated heterocycles. The quantitative estimate of drug-likeness (QED) is 0.399. The van der Waals surface area contributed by atoms with Crippen molar-refractivity contribution in [1.82, 2.24) is 0 Å². The molecule has 0 heterocycles. The summed E-state index contributed by atoms with van der Waals surface area (Å²) in [5.74, 6) is 0. The largest absolute Gasteiger partial charge is 0.540 e. The van der Waals surface area contributed by atoms with Gasteiger partial charge in [0.2, 0.25) is 0 Å². The lowest BCUT2D eigenvalue weighted by molar-refractivity contribution is 1.75. The van der Waals surface area contributed by atoms with Gasteiger partial charge in [-0.3, -0.25) is 0 Å². The second kappa shape index (κ2) is 6.49. The average molecular weight is 356 g/mol. The minimum absolute atomic E-state index is 0. The van der Waals surface area contributed by atoms with Crippen molar-refractivity contribution in [3.05, 3.63) is 26.2 Å². The predicted molar refractivity (Wildman–Crippen MR) is 68.0 cm³/mol. The van der Waals surface area contributed by atoms with E-state index in [0.717, 1.165) is 3.69 Å². The Hall–Kier alpha value is 1.92. The van der Waals surface area contributed by atoms with Gasteiger partial charge in [0.05, 0.1) is 15.1 Å². The van der Waals surface area contributed by atoms with Gasteiger partial charge in [0.25, 0.3) is 0 Å². The molecule has 0 aliphatic carbocycles. The summed E-state index contributed by atoms with van der Waals surface area (Å²) in [6.45, 7) is 0. The molecule has 0 nitrogen and oxygen atoms in total. The summed E-state index contributed by atoms with van der Waals surface area (Å²) in [4.78, 5) is 0. The van der Waals surface area contributed by atoms with Crippen molar-refractivity contribution in [3.8, 4) is 0 Å². The van der Waals surface area contributed by atoms with Crippen molar-refractivity contribution >= 4 is 95.4 Å². The van der Waals surface area contributed by atoms with Crippen LogP contribution in [0.5, 0.6) is 0 Å². The third-order valence-electron chi connectivity index (χ3n) is 1.32. The maximum atomic E-state index is 5.85. The summed E-state index contributed by atoms with van der Waals surface area (Å²) in [6, 6.07) is 1.66. The molecule has 0 aromatic heterocycles. The van der Waals surface area contributed by atoms with Crippen molar-refractivity contribution in [2.24, 2.45) is 0 Å². The zero-order chi connectivity index (χ0) is 9.30. The highest BCUT2D eigenvalue weighted by Crippen LogP contribution is 2.33. The number of benzene rings is 1. The van der Waals surface area contributed by atoms with Gasteiger partial charge in [-0.1, -0.05) is 52.5 Å². The second-order valence-corrected chi connectivity index (χ2v) is 5.47. The summed E-state index contributed by atoms with van der Waals surface area (Å²) in [5.41, 5.74) is 0. The summed E-state index contributed by atoms with van der Waals surface area (Å²) < 4.78 is 0.817. The van der Waals surface area contributed by atoms with Gasteiger partial charge in [-0.05, 0) is 0 Å². The Balaban J connectivity index is 0.00000144. The molecular formula is C6H2BrCl5Mg. The molecule has 0 amide bonds. The van der Waals surface area contributed by atoms with Crippen LogP contribution in [0.2, 0.25) is 20.1 Å². The third-order valence-corrected chi connectivity index (χ3v) is 5.05. The molecule has 0 saturated carbocycles. The smallest absolute Gasteiger partial charge is 0.336 e. The van der Waals surface area contributed by atoms with Crippen LogP contribution in [0.4, 0.5) is 0 Å². The molecule has 0 bridgehead atoms. The maximum Gasteiger partial charge on any atom is 0.540 e. The molecule has 1 aromatic rings. The van der Waals surface area contributed by atoms with Crippen LogP contribution in [-0.4, -0.2) is 19.3 Å². The average Bonchev–Trinajstić information content (AvgIpc) is 2.08. The topological polar surface area (TPSA) is 0 Å². The third kappa shape index (κ3) is 3.45. The first-order chi connectivity index (χ1) is 5.57. The van der Waals surface area contributed by atoms with E-state index in [1.807, 2.05) is 0 Å². The number of hydrogen-bond acceptors (Lipinski definition) is 0. The molecule has 0 atom stereocenters. The number of rotatable bonds is 1. The monoisotopic (exact) mass is 352 g/mol. The van der Waals surface area contributed by atoms with E-state index in [-0.39, 0.29) is 27.0 Å². The molecule has 0 unspecified atom stereocenters. The van der Waals surface area contributed by atoms with E-state index in [4.69, 9.17) is 55.5 Å². The summed E-state index contributed by atoms with van der Waals surface area (Å²) in [7, 11) is 5.72. The molecule has 13 heavy (non-hydrogen) atoms. The standard InChI is InChI=1S/C6HCl4.BrH.ClH.Mg/c7-3-1-2-4(8)6(10)5(3)9;;;/h1H;2*1H;/q;;;+1/p-1. The molecule has 1 aromatic carbocycles. The van der Waals surface area contributed by atoms with Gasteiger partial charge in [-0.2, -0.15) is 0 Å². The first kappa shape index (κ1) is 14.9. The summed E-state index contributed by atoms with van der Waals surface area (Å²) >= 11 is 22.2. The minimum atomic E-state index is -0.884. The molecule has 0 aliphatic rings. The molecule has 0 aliphatic heterocycles. The fourth-order valence-corrected chi connectivity index (χ4v) is 3.42. The van der Waals surface area contributed by atoms with E-state index in [9.17, 15) is 0 Å². The Kier molecular flexibility index (Phi) is 7.44. The highest BCUT2D eigenvalue weighted by Gasteiger charge is 2.12. The zero-order valence-corrected chi connectivity index (χ0v) is 13.0. The predicted octanol–water partition coefficient (Wildman–Crippen LogP) is 4.36. The molecule has 0 fully saturated rings. The Morgan fingerprint density at radius 2 is 1.46 bits per heavy atom. The minimum Gasteiger partial charge on any atom is -0.336 e. The molecule has 1 rings (SSSR count). The van der Waals surface area contributed by atoms with Gasteiger partial charge in [-0.25, -0.2) is 0 Å². The first-order valence-corrected chi connectivity index (χ1v) is 7.31.